The number of nitro groups is 1. The summed E-state index contributed by atoms with van der Waals surface area (Å²) in [4.78, 5) is 30.1. The SMILES string of the molecule is Cn1c(CN2CCN(S(C)(=O)=O)CC2)nc2cc(NC(=O)c3ccccc3[N+](=O)[O-])ccc21. The minimum atomic E-state index is -3.18. The van der Waals surface area contributed by atoms with E-state index in [4.69, 9.17) is 4.98 Å². The summed E-state index contributed by atoms with van der Waals surface area (Å²) < 4.78 is 26.8. The minimum Gasteiger partial charge on any atom is -0.330 e. The number of amides is 1. The van der Waals surface area contributed by atoms with Gasteiger partial charge < -0.3 is 9.88 Å². The Morgan fingerprint density at radius 1 is 1.15 bits per heavy atom. The number of piperazine rings is 1. The average Bonchev–Trinajstić information content (AvgIpc) is 3.08. The third kappa shape index (κ3) is 4.87. The number of anilines is 1. The molecule has 0 spiro atoms. The van der Waals surface area contributed by atoms with E-state index in [0.29, 0.717) is 43.9 Å². The smallest absolute Gasteiger partial charge is 0.282 e. The van der Waals surface area contributed by atoms with Crippen molar-refractivity contribution < 1.29 is 18.1 Å². The third-order valence-corrected chi connectivity index (χ3v) is 7.05. The zero-order valence-corrected chi connectivity index (χ0v) is 19.1. The highest BCUT2D eigenvalue weighted by Gasteiger charge is 2.24. The van der Waals surface area contributed by atoms with Crippen LogP contribution in [0, 0.1) is 10.1 Å². The summed E-state index contributed by atoms with van der Waals surface area (Å²) >= 11 is 0. The van der Waals surface area contributed by atoms with Crippen LogP contribution in [0.2, 0.25) is 0 Å². The Labute approximate surface area is 190 Å². The van der Waals surface area contributed by atoms with Gasteiger partial charge in [-0.25, -0.2) is 13.4 Å². The number of para-hydroxylation sites is 1. The highest BCUT2D eigenvalue weighted by molar-refractivity contribution is 7.88. The molecule has 174 valence electrons. The zero-order valence-electron chi connectivity index (χ0n) is 18.3. The van der Waals surface area contributed by atoms with E-state index in [0.717, 1.165) is 11.3 Å². The summed E-state index contributed by atoms with van der Waals surface area (Å²) in [5, 5.41) is 13.9. The summed E-state index contributed by atoms with van der Waals surface area (Å²) in [6, 6.07) is 11.1. The quantitative estimate of drug-likeness (QED) is 0.428. The number of hydrogen-bond donors (Lipinski definition) is 1. The number of aryl methyl sites for hydroxylation is 1. The van der Waals surface area contributed by atoms with Crippen LogP contribution < -0.4 is 5.32 Å². The van der Waals surface area contributed by atoms with Crippen molar-refractivity contribution in [3.63, 3.8) is 0 Å². The molecule has 3 aromatic rings. The molecule has 12 heteroatoms. The van der Waals surface area contributed by atoms with Crippen molar-refractivity contribution in [3.05, 3.63) is 64.0 Å². The topological polar surface area (TPSA) is 131 Å². The molecule has 11 nitrogen and oxygen atoms in total. The number of benzene rings is 2. The molecule has 0 atom stereocenters. The molecule has 33 heavy (non-hydrogen) atoms. The van der Waals surface area contributed by atoms with E-state index in [2.05, 4.69) is 10.2 Å². The molecule has 1 aliphatic heterocycles. The van der Waals surface area contributed by atoms with Crippen molar-refractivity contribution in [2.75, 3.05) is 37.8 Å². The Morgan fingerprint density at radius 2 is 1.85 bits per heavy atom. The minimum absolute atomic E-state index is 0.0162. The number of carbonyl (C=O) groups is 1. The molecule has 2 heterocycles. The fourth-order valence-corrected chi connectivity index (χ4v) is 4.74. The molecular weight excluding hydrogens is 448 g/mol. The summed E-state index contributed by atoms with van der Waals surface area (Å²) in [5.74, 6) is 0.251. The van der Waals surface area contributed by atoms with Crippen LogP contribution in [0.1, 0.15) is 16.2 Å². The maximum Gasteiger partial charge on any atom is 0.282 e. The van der Waals surface area contributed by atoms with Crippen LogP contribution in [-0.2, 0) is 23.6 Å². The second kappa shape index (κ2) is 8.89. The molecule has 1 N–H and O–H groups in total. The number of nitrogens with zero attached hydrogens (tertiary/aromatic N) is 5. The lowest BCUT2D eigenvalue weighted by Gasteiger charge is -2.32. The van der Waals surface area contributed by atoms with Gasteiger partial charge in [-0.3, -0.25) is 19.8 Å². The first kappa shape index (κ1) is 22.8. The van der Waals surface area contributed by atoms with Gasteiger partial charge in [0.25, 0.3) is 11.6 Å². The predicted octanol–water partition coefficient (Wildman–Crippen LogP) is 1.81. The highest BCUT2D eigenvalue weighted by atomic mass is 32.2. The normalized spacial score (nSPS) is 15.6. The fraction of sp³-hybridized carbons (Fsp3) is 0.333. The molecule has 1 amide bonds. The van der Waals surface area contributed by atoms with Crippen molar-refractivity contribution in [1.82, 2.24) is 18.8 Å². The summed E-state index contributed by atoms with van der Waals surface area (Å²) in [7, 11) is -1.27. The maximum atomic E-state index is 12.6. The van der Waals surface area contributed by atoms with Gasteiger partial charge >= 0.3 is 0 Å². The van der Waals surface area contributed by atoms with Gasteiger partial charge in [-0.05, 0) is 24.3 Å². The maximum absolute atomic E-state index is 12.6. The Bertz CT molecular complexity index is 1330. The standard InChI is InChI=1S/C21H24N6O5S/c1-24-19-8-7-15(22-21(28)16-5-3-4-6-18(16)27(29)30)13-17(19)23-20(24)14-25-9-11-26(12-10-25)33(2,31)32/h3-8,13H,9-12,14H2,1-2H3,(H,22,28). The molecule has 1 aromatic heterocycles. The van der Waals surface area contributed by atoms with Crippen LogP contribution in [0.4, 0.5) is 11.4 Å². The predicted molar refractivity (Wildman–Crippen MR) is 123 cm³/mol. The van der Waals surface area contributed by atoms with Gasteiger partial charge in [0, 0.05) is 45.0 Å². The van der Waals surface area contributed by atoms with Crippen LogP contribution in [-0.4, -0.2) is 70.4 Å². The number of nitrogens with one attached hydrogen (secondary N) is 1. The van der Waals surface area contributed by atoms with E-state index in [1.807, 2.05) is 17.7 Å². The van der Waals surface area contributed by atoms with Crippen molar-refractivity contribution in [2.45, 2.75) is 6.54 Å². The van der Waals surface area contributed by atoms with Gasteiger partial charge in [0.15, 0.2) is 0 Å². The van der Waals surface area contributed by atoms with Crippen molar-refractivity contribution in [1.29, 1.82) is 0 Å². The summed E-state index contributed by atoms with van der Waals surface area (Å²) in [6.45, 7) is 2.71. The average molecular weight is 473 g/mol. The van der Waals surface area contributed by atoms with E-state index in [-0.39, 0.29) is 11.3 Å². The molecule has 1 aliphatic rings. The van der Waals surface area contributed by atoms with Crippen molar-refractivity contribution in [2.24, 2.45) is 7.05 Å². The number of sulfonamides is 1. The number of carbonyl (C=O) groups excluding carboxylic acids is 1. The molecule has 2 aromatic carbocycles. The number of hydrogen-bond acceptors (Lipinski definition) is 7. The van der Waals surface area contributed by atoms with Crippen LogP contribution in [0.15, 0.2) is 42.5 Å². The van der Waals surface area contributed by atoms with Crippen LogP contribution in [0.3, 0.4) is 0 Å². The molecule has 0 saturated carbocycles. The number of aromatic nitrogens is 2. The summed E-state index contributed by atoms with van der Waals surface area (Å²) in [6.07, 6.45) is 1.22. The van der Waals surface area contributed by atoms with E-state index < -0.39 is 20.9 Å². The number of nitro benzene ring substituents is 1. The van der Waals surface area contributed by atoms with Gasteiger partial charge in [-0.15, -0.1) is 0 Å². The first-order chi connectivity index (χ1) is 15.6. The highest BCUT2D eigenvalue weighted by Crippen LogP contribution is 2.23. The molecular formula is C21H24N6O5S. The van der Waals surface area contributed by atoms with Crippen LogP contribution in [0.5, 0.6) is 0 Å². The van der Waals surface area contributed by atoms with Gasteiger partial charge in [0.2, 0.25) is 10.0 Å². The second-order valence-corrected chi connectivity index (χ2v) is 9.94. The largest absolute Gasteiger partial charge is 0.330 e. The fourth-order valence-electron chi connectivity index (χ4n) is 3.91. The molecule has 0 unspecified atom stereocenters. The molecule has 0 radical (unpaired) electrons. The lowest BCUT2D eigenvalue weighted by Crippen LogP contribution is -2.48. The molecule has 4 rings (SSSR count). The number of fused-ring (bicyclic) bond motifs is 1. The first-order valence-electron chi connectivity index (χ1n) is 10.3. The van der Waals surface area contributed by atoms with Gasteiger partial charge in [-0.1, -0.05) is 12.1 Å². The molecule has 0 aliphatic carbocycles. The Hall–Kier alpha value is -3.35. The van der Waals surface area contributed by atoms with Gasteiger partial charge in [0.1, 0.15) is 11.4 Å². The second-order valence-electron chi connectivity index (χ2n) is 7.96. The molecule has 1 saturated heterocycles. The third-order valence-electron chi connectivity index (χ3n) is 5.74. The first-order valence-corrected chi connectivity index (χ1v) is 12.2. The van der Waals surface area contributed by atoms with E-state index in [1.165, 1.54) is 28.8 Å². The van der Waals surface area contributed by atoms with Crippen LogP contribution in [0.25, 0.3) is 11.0 Å². The van der Waals surface area contributed by atoms with E-state index in [1.54, 1.807) is 18.2 Å². The van der Waals surface area contributed by atoms with Crippen molar-refractivity contribution >= 4 is 38.3 Å². The van der Waals surface area contributed by atoms with Gasteiger partial charge in [0.05, 0.1) is 28.8 Å². The Kier molecular flexibility index (Phi) is 6.15. The monoisotopic (exact) mass is 472 g/mol. The molecule has 0 bridgehead atoms. The lowest BCUT2D eigenvalue weighted by molar-refractivity contribution is -0.385. The molecule has 1 fully saturated rings. The lowest BCUT2D eigenvalue weighted by atomic mass is 10.1. The van der Waals surface area contributed by atoms with Crippen LogP contribution >= 0.6 is 0 Å². The van der Waals surface area contributed by atoms with E-state index in [9.17, 15) is 23.3 Å². The Balaban J connectivity index is 1.49. The van der Waals surface area contributed by atoms with E-state index >= 15 is 0 Å². The number of imidazole rings is 1. The Morgan fingerprint density at radius 3 is 2.52 bits per heavy atom. The summed E-state index contributed by atoms with van der Waals surface area (Å²) in [5.41, 5.74) is 1.77. The number of rotatable bonds is 6. The van der Waals surface area contributed by atoms with Gasteiger partial charge in [-0.2, -0.15) is 4.31 Å². The van der Waals surface area contributed by atoms with Crippen molar-refractivity contribution in [3.8, 4) is 0 Å². The zero-order chi connectivity index (χ0) is 23.8.